The quantitative estimate of drug-likeness (QED) is 0.589. The van der Waals surface area contributed by atoms with Gasteiger partial charge in [0.15, 0.2) is 11.5 Å². The fraction of sp³-hybridized carbons (Fsp3) is 0.0833. The molecule has 0 radical (unpaired) electrons. The summed E-state index contributed by atoms with van der Waals surface area (Å²) in [5, 5.41) is 0. The molecule has 0 bridgehead atoms. The summed E-state index contributed by atoms with van der Waals surface area (Å²) in [6, 6.07) is 25.9. The normalized spacial score (nSPS) is 13.3. The van der Waals surface area contributed by atoms with Crippen LogP contribution in [0.5, 0.6) is 11.5 Å². The molecule has 28 heavy (non-hydrogen) atoms. The maximum absolute atomic E-state index is 6.26. The van der Waals surface area contributed by atoms with E-state index in [1.165, 1.54) is 0 Å². The third-order valence-corrected chi connectivity index (χ3v) is 4.54. The van der Waals surface area contributed by atoms with E-state index in [1.807, 2.05) is 79.1 Å². The first kappa shape index (κ1) is 17.7. The van der Waals surface area contributed by atoms with Crippen LogP contribution in [0, 0.1) is 0 Å². The van der Waals surface area contributed by atoms with E-state index in [-0.39, 0.29) is 0 Å². The van der Waals surface area contributed by atoms with Crippen molar-refractivity contribution in [2.45, 2.75) is 0 Å². The number of hydrogen-bond donors (Lipinski definition) is 0. The topological polar surface area (TPSA) is 30.9 Å². The van der Waals surface area contributed by atoms with Gasteiger partial charge in [-0.25, -0.2) is 0 Å². The van der Waals surface area contributed by atoms with Crippen LogP contribution in [0.3, 0.4) is 0 Å². The van der Waals surface area contributed by atoms with Crippen LogP contribution in [-0.2, 0) is 4.74 Å². The molecule has 140 valence electrons. The lowest BCUT2D eigenvalue weighted by Crippen LogP contribution is -2.15. The van der Waals surface area contributed by atoms with Crippen LogP contribution >= 0.6 is 0 Å². The van der Waals surface area contributed by atoms with Crippen LogP contribution in [-0.4, -0.2) is 14.2 Å². The van der Waals surface area contributed by atoms with Crippen molar-refractivity contribution >= 4 is 17.2 Å². The van der Waals surface area contributed by atoms with Crippen molar-refractivity contribution in [2.75, 3.05) is 19.1 Å². The molecule has 0 N–H and O–H groups in total. The molecule has 4 rings (SSSR count). The second kappa shape index (κ2) is 7.92. The molecule has 3 aromatic rings. The Kier molecular flexibility index (Phi) is 5.02. The van der Waals surface area contributed by atoms with Gasteiger partial charge in [-0.15, -0.1) is 0 Å². The van der Waals surface area contributed by atoms with Gasteiger partial charge in [-0.3, -0.25) is 0 Å². The summed E-state index contributed by atoms with van der Waals surface area (Å²) in [5.41, 5.74) is 3.00. The molecule has 4 nitrogen and oxygen atoms in total. The zero-order valence-corrected chi connectivity index (χ0v) is 15.8. The van der Waals surface area contributed by atoms with E-state index in [4.69, 9.17) is 14.2 Å². The Hall–Kier alpha value is -3.66. The van der Waals surface area contributed by atoms with Crippen LogP contribution in [0.15, 0.2) is 91.3 Å². The van der Waals surface area contributed by atoms with E-state index in [2.05, 4.69) is 17.0 Å². The van der Waals surface area contributed by atoms with Gasteiger partial charge in [0.2, 0.25) is 0 Å². The van der Waals surface area contributed by atoms with E-state index in [9.17, 15) is 0 Å². The Morgan fingerprint density at radius 3 is 1.50 bits per heavy atom. The van der Waals surface area contributed by atoms with Crippen molar-refractivity contribution in [3.63, 3.8) is 0 Å². The Balaban J connectivity index is 1.73. The first-order valence-electron chi connectivity index (χ1n) is 9.00. The average molecular weight is 371 g/mol. The molecule has 1 heterocycles. The molecule has 0 aromatic heterocycles. The van der Waals surface area contributed by atoms with Gasteiger partial charge in [0.25, 0.3) is 0 Å². The predicted molar refractivity (Wildman–Crippen MR) is 112 cm³/mol. The minimum Gasteiger partial charge on any atom is -0.497 e. The minimum absolute atomic E-state index is 0.764. The highest BCUT2D eigenvalue weighted by Crippen LogP contribution is 2.33. The molecule has 1 aliphatic rings. The number of anilines is 1. The van der Waals surface area contributed by atoms with E-state index < -0.39 is 0 Å². The highest BCUT2D eigenvalue weighted by Gasteiger charge is 2.18. The van der Waals surface area contributed by atoms with Crippen molar-refractivity contribution < 1.29 is 14.2 Å². The summed E-state index contributed by atoms with van der Waals surface area (Å²) < 4.78 is 16.8. The van der Waals surface area contributed by atoms with Gasteiger partial charge < -0.3 is 19.1 Å². The molecule has 3 aromatic carbocycles. The second-order valence-electron chi connectivity index (χ2n) is 6.29. The van der Waals surface area contributed by atoms with Crippen LogP contribution in [0.1, 0.15) is 11.1 Å². The molecular formula is C24H21NO3. The van der Waals surface area contributed by atoms with E-state index in [0.29, 0.717) is 0 Å². The SMILES string of the molecule is COc1ccc(C2=CN(c3ccccc3)C=C(c3ccc(OC)cc3)O2)cc1. The summed E-state index contributed by atoms with van der Waals surface area (Å²) in [4.78, 5) is 2.07. The van der Waals surface area contributed by atoms with Gasteiger partial charge in [0, 0.05) is 16.8 Å². The third kappa shape index (κ3) is 3.71. The number of rotatable bonds is 5. The molecule has 0 unspecified atom stereocenters. The molecule has 0 aliphatic carbocycles. The lowest BCUT2D eigenvalue weighted by molar-refractivity contribution is 0.414. The molecule has 0 spiro atoms. The van der Waals surface area contributed by atoms with Gasteiger partial charge in [-0.1, -0.05) is 18.2 Å². The van der Waals surface area contributed by atoms with Gasteiger partial charge in [-0.05, 0) is 60.7 Å². The largest absolute Gasteiger partial charge is 0.497 e. The molecule has 4 heteroatoms. The monoisotopic (exact) mass is 371 g/mol. The molecule has 0 atom stereocenters. The number of hydrogen-bond acceptors (Lipinski definition) is 4. The van der Waals surface area contributed by atoms with Crippen molar-refractivity contribution in [1.29, 1.82) is 0 Å². The summed E-state index contributed by atoms with van der Waals surface area (Å²) >= 11 is 0. The number of nitrogens with zero attached hydrogens (tertiary/aromatic N) is 1. The van der Waals surface area contributed by atoms with Gasteiger partial charge in [0.05, 0.1) is 26.6 Å². The van der Waals surface area contributed by atoms with E-state index in [1.54, 1.807) is 14.2 Å². The lowest BCUT2D eigenvalue weighted by atomic mass is 10.1. The van der Waals surface area contributed by atoms with Crippen molar-refractivity contribution in [3.8, 4) is 11.5 Å². The Bertz CT molecular complexity index is 927. The minimum atomic E-state index is 0.764. The average Bonchev–Trinajstić information content (AvgIpc) is 2.79. The maximum Gasteiger partial charge on any atom is 0.151 e. The summed E-state index contributed by atoms with van der Waals surface area (Å²) in [5.74, 6) is 3.15. The smallest absolute Gasteiger partial charge is 0.151 e. The summed E-state index contributed by atoms with van der Waals surface area (Å²) in [6.07, 6.45) is 3.98. The lowest BCUT2D eigenvalue weighted by Gasteiger charge is -2.26. The fourth-order valence-corrected chi connectivity index (χ4v) is 2.99. The maximum atomic E-state index is 6.26. The Labute approximate surface area is 164 Å². The Morgan fingerprint density at radius 1 is 0.607 bits per heavy atom. The van der Waals surface area contributed by atoms with Crippen LogP contribution < -0.4 is 14.4 Å². The van der Waals surface area contributed by atoms with E-state index in [0.717, 1.165) is 39.8 Å². The van der Waals surface area contributed by atoms with Crippen LogP contribution in [0.2, 0.25) is 0 Å². The second-order valence-corrected chi connectivity index (χ2v) is 6.29. The summed E-state index contributed by atoms with van der Waals surface area (Å²) in [7, 11) is 3.32. The number of ether oxygens (including phenoxy) is 3. The molecule has 0 saturated heterocycles. The molecule has 0 amide bonds. The third-order valence-electron chi connectivity index (χ3n) is 4.54. The number of para-hydroxylation sites is 1. The highest BCUT2D eigenvalue weighted by atomic mass is 16.5. The standard InChI is InChI=1S/C24H21NO3/c1-26-21-12-8-18(9-13-21)23-16-25(20-6-4-3-5-7-20)17-24(28-23)19-10-14-22(27-2)15-11-19/h3-17H,1-2H3. The molecular weight excluding hydrogens is 350 g/mol. The van der Waals surface area contributed by atoms with Crippen molar-refractivity contribution in [2.24, 2.45) is 0 Å². The molecule has 0 fully saturated rings. The van der Waals surface area contributed by atoms with Gasteiger partial charge in [0.1, 0.15) is 11.5 Å². The van der Waals surface area contributed by atoms with Crippen LogP contribution in [0.25, 0.3) is 11.5 Å². The zero-order valence-electron chi connectivity index (χ0n) is 15.8. The molecule has 0 saturated carbocycles. The predicted octanol–water partition coefficient (Wildman–Crippen LogP) is 5.54. The zero-order chi connectivity index (χ0) is 19.3. The highest BCUT2D eigenvalue weighted by molar-refractivity contribution is 5.78. The van der Waals surface area contributed by atoms with Gasteiger partial charge in [-0.2, -0.15) is 0 Å². The van der Waals surface area contributed by atoms with E-state index >= 15 is 0 Å². The fourth-order valence-electron chi connectivity index (χ4n) is 2.99. The number of methoxy groups -OCH3 is 2. The first-order chi connectivity index (χ1) is 13.8. The first-order valence-corrected chi connectivity index (χ1v) is 9.00. The van der Waals surface area contributed by atoms with Crippen molar-refractivity contribution in [1.82, 2.24) is 0 Å². The van der Waals surface area contributed by atoms with Crippen LogP contribution in [0.4, 0.5) is 5.69 Å². The Morgan fingerprint density at radius 2 is 1.07 bits per heavy atom. The number of benzene rings is 3. The molecule has 1 aliphatic heterocycles. The van der Waals surface area contributed by atoms with Crippen molar-refractivity contribution in [3.05, 3.63) is 102 Å². The summed E-state index contributed by atoms with van der Waals surface area (Å²) in [6.45, 7) is 0. The van der Waals surface area contributed by atoms with Gasteiger partial charge >= 0.3 is 0 Å².